The number of benzene rings is 1. The minimum atomic E-state index is -0.828. The van der Waals surface area contributed by atoms with Gasteiger partial charge in [-0.3, -0.25) is 9.59 Å². The first-order valence-corrected chi connectivity index (χ1v) is 10.5. The maximum atomic E-state index is 12.8. The minimum Gasteiger partial charge on any atom is -0.503 e. The van der Waals surface area contributed by atoms with Crippen LogP contribution in [-0.4, -0.2) is 61.5 Å². The van der Waals surface area contributed by atoms with Gasteiger partial charge in [0.1, 0.15) is 6.10 Å². The molecule has 0 bridgehead atoms. The lowest BCUT2D eigenvalue weighted by atomic mass is 9.92. The molecule has 1 saturated heterocycles. The second-order valence-corrected chi connectivity index (χ2v) is 7.86. The third-order valence-corrected chi connectivity index (χ3v) is 5.63. The fourth-order valence-electron chi connectivity index (χ4n) is 4.00. The Hall–Kier alpha value is -2.97. The van der Waals surface area contributed by atoms with Crippen molar-refractivity contribution in [1.82, 2.24) is 4.98 Å². The molecule has 8 nitrogen and oxygen atoms in total. The summed E-state index contributed by atoms with van der Waals surface area (Å²) in [5.74, 6) is -2.13. The van der Waals surface area contributed by atoms with Crippen LogP contribution in [0.15, 0.2) is 42.6 Å². The monoisotopic (exact) mass is 443 g/mol. The Labute approximate surface area is 187 Å². The fourth-order valence-corrected chi connectivity index (χ4v) is 4.00. The number of carbonyl (C=O) groups is 2. The molecule has 2 aromatic rings. The van der Waals surface area contributed by atoms with Gasteiger partial charge in [-0.25, -0.2) is 4.98 Å². The van der Waals surface area contributed by atoms with Crippen molar-refractivity contribution in [2.24, 2.45) is 11.8 Å². The highest BCUT2D eigenvalue weighted by atomic mass is 16.6. The van der Waals surface area contributed by atoms with Gasteiger partial charge in [0.15, 0.2) is 23.0 Å². The third kappa shape index (κ3) is 5.63. The van der Waals surface area contributed by atoms with Crippen LogP contribution in [0.5, 0.6) is 11.5 Å². The summed E-state index contributed by atoms with van der Waals surface area (Å²) in [5, 5.41) is 10.2. The number of pyridine rings is 1. The lowest BCUT2D eigenvalue weighted by Gasteiger charge is -2.29. The molecule has 1 fully saturated rings. The molecule has 0 saturated carbocycles. The lowest BCUT2D eigenvalue weighted by Crippen LogP contribution is -2.39. The van der Waals surface area contributed by atoms with Crippen molar-refractivity contribution in [2.75, 3.05) is 27.4 Å². The normalized spacial score (nSPS) is 24.0. The van der Waals surface area contributed by atoms with Crippen LogP contribution >= 0.6 is 0 Å². The Morgan fingerprint density at radius 2 is 1.94 bits per heavy atom. The number of hydrogen-bond donors (Lipinski definition) is 1. The number of cyclic esters (lactones) is 1. The van der Waals surface area contributed by atoms with Gasteiger partial charge in [0, 0.05) is 31.7 Å². The molecule has 1 aromatic heterocycles. The van der Waals surface area contributed by atoms with Gasteiger partial charge in [0.2, 0.25) is 0 Å². The van der Waals surface area contributed by atoms with E-state index in [2.05, 4.69) is 4.98 Å². The quantitative estimate of drug-likeness (QED) is 0.515. The topological polar surface area (TPSA) is 104 Å². The molecule has 8 heteroatoms. The van der Waals surface area contributed by atoms with E-state index in [4.69, 9.17) is 18.9 Å². The number of ketones is 1. The molecular weight excluding hydrogens is 414 g/mol. The summed E-state index contributed by atoms with van der Waals surface area (Å²) in [6, 6.07) is 11.4. The third-order valence-electron chi connectivity index (χ3n) is 5.63. The van der Waals surface area contributed by atoms with Gasteiger partial charge in [-0.15, -0.1) is 0 Å². The molecule has 2 heterocycles. The molecule has 3 rings (SSSR count). The molecule has 4 atom stereocenters. The number of rotatable bonds is 7. The van der Waals surface area contributed by atoms with E-state index in [1.165, 1.54) is 19.4 Å². The first-order valence-electron chi connectivity index (χ1n) is 10.5. The van der Waals surface area contributed by atoms with E-state index in [0.717, 1.165) is 5.56 Å². The van der Waals surface area contributed by atoms with Gasteiger partial charge in [0.05, 0.1) is 32.3 Å². The highest BCUT2D eigenvalue weighted by molar-refractivity contribution is 5.99. The summed E-state index contributed by atoms with van der Waals surface area (Å²) >= 11 is 0. The number of carbonyl (C=O) groups excluding carboxylic acids is 2. The zero-order valence-electron chi connectivity index (χ0n) is 18.5. The average molecular weight is 443 g/mol. The van der Waals surface area contributed by atoms with Crippen molar-refractivity contribution in [1.29, 1.82) is 0 Å². The minimum absolute atomic E-state index is 0.0176. The van der Waals surface area contributed by atoms with Crippen molar-refractivity contribution < 1.29 is 33.6 Å². The summed E-state index contributed by atoms with van der Waals surface area (Å²) in [4.78, 5) is 29.5. The Morgan fingerprint density at radius 1 is 1.19 bits per heavy atom. The Morgan fingerprint density at radius 3 is 2.62 bits per heavy atom. The van der Waals surface area contributed by atoms with Gasteiger partial charge in [-0.05, 0) is 18.9 Å². The number of hydrogen-bond acceptors (Lipinski definition) is 8. The summed E-state index contributed by atoms with van der Waals surface area (Å²) in [6.07, 6.45) is 0.970. The highest BCUT2D eigenvalue weighted by Gasteiger charge is 2.35. The Kier molecular flexibility index (Phi) is 8.19. The van der Waals surface area contributed by atoms with Gasteiger partial charge in [-0.1, -0.05) is 30.3 Å². The van der Waals surface area contributed by atoms with Crippen molar-refractivity contribution in [3.8, 4) is 11.5 Å². The van der Waals surface area contributed by atoms with Crippen LogP contribution in [0.1, 0.15) is 29.4 Å². The van der Waals surface area contributed by atoms with E-state index in [-0.39, 0.29) is 42.2 Å². The predicted octanol–water partition coefficient (Wildman–Crippen LogP) is 2.82. The molecule has 32 heavy (non-hydrogen) atoms. The van der Waals surface area contributed by atoms with E-state index >= 15 is 0 Å². The van der Waals surface area contributed by atoms with Gasteiger partial charge in [0.25, 0.3) is 0 Å². The molecule has 1 aromatic carbocycles. The van der Waals surface area contributed by atoms with Crippen LogP contribution in [0, 0.1) is 11.8 Å². The van der Waals surface area contributed by atoms with Gasteiger partial charge in [-0.2, -0.15) is 0 Å². The molecule has 0 unspecified atom stereocenters. The predicted molar refractivity (Wildman–Crippen MR) is 116 cm³/mol. The van der Waals surface area contributed by atoms with E-state index in [9.17, 15) is 14.7 Å². The zero-order valence-corrected chi connectivity index (χ0v) is 18.5. The maximum Gasteiger partial charge on any atom is 0.312 e. The van der Waals surface area contributed by atoms with Crippen molar-refractivity contribution >= 4 is 11.8 Å². The second-order valence-electron chi connectivity index (χ2n) is 7.86. The summed E-state index contributed by atoms with van der Waals surface area (Å²) in [5.41, 5.74) is 0.981. The number of aromatic hydroxyl groups is 1. The smallest absolute Gasteiger partial charge is 0.312 e. The average Bonchev–Trinajstić information content (AvgIpc) is 2.83. The van der Waals surface area contributed by atoms with Crippen LogP contribution in [0.2, 0.25) is 0 Å². The maximum absolute atomic E-state index is 12.8. The van der Waals surface area contributed by atoms with Crippen molar-refractivity contribution in [3.05, 3.63) is 53.9 Å². The van der Waals surface area contributed by atoms with Crippen LogP contribution in [0.25, 0.3) is 0 Å². The number of esters is 1. The zero-order chi connectivity index (χ0) is 23.1. The number of Topliss-reactive ketones (excluding diaryl/α,β-unsaturated/α-hetero) is 1. The first-order chi connectivity index (χ1) is 15.4. The van der Waals surface area contributed by atoms with Gasteiger partial charge < -0.3 is 24.1 Å². The molecular formula is C24H29NO7. The molecule has 0 spiro atoms. The van der Waals surface area contributed by atoms with Crippen LogP contribution < -0.4 is 4.74 Å². The number of aromatic nitrogens is 1. The lowest BCUT2D eigenvalue weighted by molar-refractivity contribution is -0.161. The van der Waals surface area contributed by atoms with Crippen molar-refractivity contribution in [2.45, 2.75) is 32.0 Å². The number of methoxy groups -OCH3 is 2. The fraction of sp³-hybridized carbons (Fsp3) is 0.458. The van der Waals surface area contributed by atoms with Gasteiger partial charge >= 0.3 is 5.97 Å². The standard InChI is InChI=1S/C24H29NO7/c1-15-23(30-3)17(11-16-7-5-4-6-8-16)13-31-14-18(24(28)32-15)12-19(26)21-22(27)20(29-2)9-10-25-21/h4-10,15,17-18,23,27H,11-14H2,1-3H3/t15-,17-,18-,23-/m0/s1. The molecule has 0 amide bonds. The first kappa shape index (κ1) is 23.7. The molecule has 1 aliphatic rings. The SMILES string of the molecule is COc1ccnc(C(=O)C[C@H]2COC[C@H](Cc3ccccc3)[C@@H](OC)[C@H](C)OC2=O)c1O. The summed E-state index contributed by atoms with van der Waals surface area (Å²) in [6.45, 7) is 2.15. The molecule has 1 N–H and O–H groups in total. The highest BCUT2D eigenvalue weighted by Crippen LogP contribution is 2.30. The molecule has 0 radical (unpaired) electrons. The summed E-state index contributed by atoms with van der Waals surface area (Å²) in [7, 11) is 2.97. The van der Waals surface area contributed by atoms with Crippen molar-refractivity contribution in [3.63, 3.8) is 0 Å². The molecule has 1 aliphatic heterocycles. The largest absolute Gasteiger partial charge is 0.503 e. The number of ether oxygens (including phenoxy) is 4. The van der Waals surface area contributed by atoms with Crippen LogP contribution in [0.3, 0.4) is 0 Å². The van der Waals surface area contributed by atoms with E-state index in [0.29, 0.717) is 13.0 Å². The number of nitrogens with zero attached hydrogens (tertiary/aromatic N) is 1. The summed E-state index contributed by atoms with van der Waals surface area (Å²) < 4.78 is 22.2. The Balaban J connectivity index is 1.74. The van der Waals surface area contributed by atoms with Crippen LogP contribution in [-0.2, 0) is 25.4 Å². The van der Waals surface area contributed by atoms with E-state index in [1.54, 1.807) is 14.0 Å². The molecule has 172 valence electrons. The Bertz CT molecular complexity index is 918. The van der Waals surface area contributed by atoms with E-state index < -0.39 is 23.8 Å². The van der Waals surface area contributed by atoms with Crippen LogP contribution in [0.4, 0.5) is 0 Å². The van der Waals surface area contributed by atoms with E-state index in [1.807, 2.05) is 30.3 Å². The molecule has 0 aliphatic carbocycles. The second kappa shape index (κ2) is 11.1.